The average molecular weight is 272 g/mol. The van der Waals surface area contributed by atoms with E-state index in [2.05, 4.69) is 0 Å². The van der Waals surface area contributed by atoms with Gasteiger partial charge in [0.2, 0.25) is 0 Å². The summed E-state index contributed by atoms with van der Waals surface area (Å²) in [6.07, 6.45) is 3.45. The number of rotatable bonds is 2. The Bertz CT molecular complexity index is 543. The Morgan fingerprint density at radius 3 is 2.80 bits per heavy atom. The van der Waals surface area contributed by atoms with E-state index in [9.17, 15) is 9.59 Å². The van der Waals surface area contributed by atoms with Crippen LogP contribution in [0.25, 0.3) is 0 Å². The van der Waals surface area contributed by atoms with Crippen LogP contribution in [0.5, 0.6) is 0 Å². The maximum absolute atomic E-state index is 12.2. The van der Waals surface area contributed by atoms with Gasteiger partial charge >= 0.3 is 5.97 Å². The predicted molar refractivity (Wildman–Crippen MR) is 77.5 cm³/mol. The van der Waals surface area contributed by atoms with Crippen LogP contribution in [0, 0.1) is 0 Å². The summed E-state index contributed by atoms with van der Waals surface area (Å²) < 4.78 is 5.19. The molecule has 0 aromatic heterocycles. The van der Waals surface area contributed by atoms with E-state index in [0.717, 1.165) is 16.7 Å². The van der Waals surface area contributed by atoms with Crippen molar-refractivity contribution in [3.8, 4) is 0 Å². The molecule has 1 unspecified atom stereocenters. The van der Waals surface area contributed by atoms with E-state index in [4.69, 9.17) is 4.74 Å². The van der Waals surface area contributed by atoms with Gasteiger partial charge in [0, 0.05) is 6.42 Å². The van der Waals surface area contributed by atoms with Gasteiger partial charge in [-0.2, -0.15) is 0 Å². The molecule has 1 aliphatic rings. The largest absolute Gasteiger partial charge is 0.466 e. The van der Waals surface area contributed by atoms with Crippen molar-refractivity contribution in [2.75, 3.05) is 6.61 Å². The van der Waals surface area contributed by atoms with Crippen LogP contribution >= 0.6 is 0 Å². The average Bonchev–Trinajstić information content (AvgIpc) is 2.45. The van der Waals surface area contributed by atoms with E-state index in [-0.39, 0.29) is 17.7 Å². The first-order chi connectivity index (χ1) is 9.67. The summed E-state index contributed by atoms with van der Waals surface area (Å²) >= 11 is 0. The smallest absolute Gasteiger partial charge is 0.313 e. The summed E-state index contributed by atoms with van der Waals surface area (Å²) in [5.41, 5.74) is 2.81. The molecular formula is C17H20O3. The summed E-state index contributed by atoms with van der Waals surface area (Å²) in [4.78, 5) is 24.3. The van der Waals surface area contributed by atoms with Gasteiger partial charge in [-0.15, -0.1) is 0 Å². The number of aryl methyl sites for hydroxylation is 1. The van der Waals surface area contributed by atoms with E-state index >= 15 is 0 Å². The molecule has 0 saturated heterocycles. The zero-order valence-corrected chi connectivity index (χ0v) is 12.0. The predicted octanol–water partition coefficient (Wildman–Crippen LogP) is 3.19. The van der Waals surface area contributed by atoms with Crippen LogP contribution in [0.2, 0.25) is 0 Å². The fourth-order valence-corrected chi connectivity index (χ4v) is 2.69. The molecule has 0 bridgehead atoms. The molecule has 1 aliphatic carbocycles. The van der Waals surface area contributed by atoms with Crippen molar-refractivity contribution in [3.05, 3.63) is 47.0 Å². The molecule has 0 fully saturated rings. The maximum atomic E-state index is 12.2. The number of benzene rings is 1. The zero-order valence-electron chi connectivity index (χ0n) is 12.0. The summed E-state index contributed by atoms with van der Waals surface area (Å²) in [6.45, 7) is 4.01. The Balaban J connectivity index is 2.44. The quantitative estimate of drug-likeness (QED) is 0.613. The zero-order chi connectivity index (χ0) is 14.5. The monoisotopic (exact) mass is 272 g/mol. The van der Waals surface area contributed by atoms with Gasteiger partial charge in [0.25, 0.3) is 0 Å². The van der Waals surface area contributed by atoms with Crippen molar-refractivity contribution in [3.63, 3.8) is 0 Å². The number of hydrogen-bond acceptors (Lipinski definition) is 3. The van der Waals surface area contributed by atoms with Crippen molar-refractivity contribution in [1.29, 1.82) is 0 Å². The summed E-state index contributed by atoms with van der Waals surface area (Å²) in [7, 11) is 0. The highest BCUT2D eigenvalue weighted by molar-refractivity contribution is 5.97. The minimum atomic E-state index is -0.374. The topological polar surface area (TPSA) is 43.4 Å². The van der Waals surface area contributed by atoms with Crippen molar-refractivity contribution >= 4 is 11.8 Å². The van der Waals surface area contributed by atoms with Crippen molar-refractivity contribution in [2.24, 2.45) is 0 Å². The molecule has 3 heteroatoms. The molecule has 0 heterocycles. The van der Waals surface area contributed by atoms with Gasteiger partial charge in [-0.1, -0.05) is 30.3 Å². The molecule has 0 saturated carbocycles. The number of carbonyl (C=O) groups is 2. The molecule has 106 valence electrons. The normalized spacial score (nSPS) is 21.0. The van der Waals surface area contributed by atoms with Crippen molar-refractivity contribution < 1.29 is 14.3 Å². The van der Waals surface area contributed by atoms with Gasteiger partial charge in [0.15, 0.2) is 5.78 Å². The summed E-state index contributed by atoms with van der Waals surface area (Å²) in [5.74, 6) is -0.480. The van der Waals surface area contributed by atoms with Crippen LogP contribution < -0.4 is 0 Å². The van der Waals surface area contributed by atoms with Gasteiger partial charge in [0.05, 0.1) is 12.5 Å². The van der Waals surface area contributed by atoms with Crippen LogP contribution in [0.3, 0.4) is 0 Å². The molecule has 1 atom stereocenters. The van der Waals surface area contributed by atoms with Crippen LogP contribution in [0.4, 0.5) is 0 Å². The molecule has 0 radical (unpaired) electrons. The van der Waals surface area contributed by atoms with E-state index in [1.807, 2.05) is 37.3 Å². The highest BCUT2D eigenvalue weighted by Gasteiger charge is 2.29. The third kappa shape index (κ3) is 2.98. The van der Waals surface area contributed by atoms with Gasteiger partial charge in [-0.3, -0.25) is 9.59 Å². The molecule has 0 amide bonds. The van der Waals surface area contributed by atoms with Gasteiger partial charge in [0.1, 0.15) is 0 Å². The number of carbonyl (C=O) groups excluding carboxylic acids is 2. The highest BCUT2D eigenvalue weighted by atomic mass is 16.5. The third-order valence-electron chi connectivity index (χ3n) is 3.75. The minimum absolute atomic E-state index is 0.135. The van der Waals surface area contributed by atoms with Crippen LogP contribution in [-0.2, 0) is 20.7 Å². The Morgan fingerprint density at radius 2 is 2.10 bits per heavy atom. The van der Waals surface area contributed by atoms with Crippen LogP contribution in [0.1, 0.15) is 43.7 Å². The SMILES string of the molecule is C/C=C1\CC(C(=O)OCC)c2ccccc2CCC1=O. The second kappa shape index (κ2) is 6.51. The summed E-state index contributed by atoms with van der Waals surface area (Å²) in [5, 5.41) is 0. The van der Waals surface area contributed by atoms with E-state index < -0.39 is 0 Å². The number of allylic oxidation sites excluding steroid dienone is 2. The number of fused-ring (bicyclic) bond motifs is 1. The second-order valence-corrected chi connectivity index (χ2v) is 4.94. The molecule has 20 heavy (non-hydrogen) atoms. The molecule has 1 aromatic carbocycles. The Kier molecular flexibility index (Phi) is 4.72. The summed E-state index contributed by atoms with van der Waals surface area (Å²) in [6, 6.07) is 7.85. The van der Waals surface area contributed by atoms with Gasteiger partial charge in [-0.05, 0) is 43.4 Å². The second-order valence-electron chi connectivity index (χ2n) is 4.94. The van der Waals surface area contributed by atoms with E-state index in [0.29, 0.717) is 25.9 Å². The lowest BCUT2D eigenvalue weighted by molar-refractivity contribution is -0.145. The van der Waals surface area contributed by atoms with E-state index in [1.165, 1.54) is 0 Å². The minimum Gasteiger partial charge on any atom is -0.466 e. The molecule has 3 nitrogen and oxygen atoms in total. The van der Waals surface area contributed by atoms with Crippen LogP contribution in [0.15, 0.2) is 35.9 Å². The fraction of sp³-hybridized carbons (Fsp3) is 0.412. The number of hydrogen-bond donors (Lipinski definition) is 0. The van der Waals surface area contributed by atoms with Gasteiger partial charge in [-0.25, -0.2) is 0 Å². The number of Topliss-reactive ketones (excluding diaryl/α,β-unsaturated/α-hetero) is 1. The molecule has 2 rings (SSSR count). The lowest BCUT2D eigenvalue weighted by atomic mass is 9.82. The molecule has 0 N–H and O–H groups in total. The van der Waals surface area contributed by atoms with Crippen LogP contribution in [-0.4, -0.2) is 18.4 Å². The fourth-order valence-electron chi connectivity index (χ4n) is 2.69. The first-order valence-electron chi connectivity index (χ1n) is 7.10. The number of ether oxygens (including phenoxy) is 1. The van der Waals surface area contributed by atoms with Gasteiger partial charge < -0.3 is 4.74 Å². The maximum Gasteiger partial charge on any atom is 0.313 e. The third-order valence-corrected chi connectivity index (χ3v) is 3.75. The highest BCUT2D eigenvalue weighted by Crippen LogP contribution is 2.32. The Morgan fingerprint density at radius 1 is 1.35 bits per heavy atom. The molecular weight excluding hydrogens is 252 g/mol. The standard InChI is InChI=1S/C17H20O3/c1-3-12-11-15(17(19)20-4-2)14-8-6-5-7-13(14)9-10-16(12)18/h3,5-8,15H,4,9-11H2,1-2H3/b12-3+. The van der Waals surface area contributed by atoms with Crippen molar-refractivity contribution in [1.82, 2.24) is 0 Å². The lowest BCUT2D eigenvalue weighted by Crippen LogP contribution is -2.22. The molecule has 1 aromatic rings. The molecule has 0 aliphatic heterocycles. The Labute approximate surface area is 119 Å². The van der Waals surface area contributed by atoms with E-state index in [1.54, 1.807) is 6.92 Å². The van der Waals surface area contributed by atoms with Crippen molar-refractivity contribution in [2.45, 2.75) is 39.0 Å². The molecule has 0 spiro atoms. The number of ketones is 1. The Hall–Kier alpha value is -1.90. The lowest BCUT2D eigenvalue weighted by Gasteiger charge is -2.22. The first-order valence-corrected chi connectivity index (χ1v) is 7.10. The first kappa shape index (κ1) is 14.5. The number of esters is 1.